The van der Waals surface area contributed by atoms with Crippen molar-refractivity contribution in [3.8, 4) is 0 Å². The SMILES string of the molecule is COCC(C)(CCO)NC(=O)c1cc(Cl)sc1Cl. The van der Waals surface area contributed by atoms with Crippen molar-refractivity contribution in [2.45, 2.75) is 18.9 Å². The first kappa shape index (κ1) is 15.7. The van der Waals surface area contributed by atoms with E-state index in [1.165, 1.54) is 13.2 Å². The molecule has 1 rings (SSSR count). The van der Waals surface area contributed by atoms with Crippen LogP contribution in [0.3, 0.4) is 0 Å². The van der Waals surface area contributed by atoms with Gasteiger partial charge in [-0.1, -0.05) is 23.2 Å². The predicted octanol–water partition coefficient (Wildman–Crippen LogP) is 2.57. The summed E-state index contributed by atoms with van der Waals surface area (Å²) in [6.07, 6.45) is 0.391. The van der Waals surface area contributed by atoms with Crippen molar-refractivity contribution >= 4 is 40.4 Å². The van der Waals surface area contributed by atoms with Crippen LogP contribution in [0.4, 0.5) is 0 Å². The van der Waals surface area contributed by atoms with Crippen LogP contribution in [0.5, 0.6) is 0 Å². The summed E-state index contributed by atoms with van der Waals surface area (Å²) >= 11 is 12.8. The molecule has 0 fully saturated rings. The number of carbonyl (C=O) groups excluding carboxylic acids is 1. The Labute approximate surface area is 120 Å². The molecular formula is C11H15Cl2NO3S. The lowest BCUT2D eigenvalue weighted by Gasteiger charge is -2.29. The quantitative estimate of drug-likeness (QED) is 0.849. The number of thiophene rings is 1. The lowest BCUT2D eigenvalue weighted by Crippen LogP contribution is -2.50. The number of ether oxygens (including phenoxy) is 1. The van der Waals surface area contributed by atoms with E-state index in [1.807, 2.05) is 0 Å². The van der Waals surface area contributed by atoms with Gasteiger partial charge in [-0.25, -0.2) is 0 Å². The lowest BCUT2D eigenvalue weighted by molar-refractivity contribution is 0.0726. The molecule has 1 unspecified atom stereocenters. The van der Waals surface area contributed by atoms with E-state index in [1.54, 1.807) is 6.92 Å². The maximum atomic E-state index is 12.1. The van der Waals surface area contributed by atoms with E-state index in [2.05, 4.69) is 5.32 Å². The van der Waals surface area contributed by atoms with Gasteiger partial charge in [0.2, 0.25) is 0 Å². The molecule has 1 atom stereocenters. The number of rotatable bonds is 6. The van der Waals surface area contributed by atoms with Crippen LogP contribution < -0.4 is 5.32 Å². The maximum Gasteiger partial charge on any atom is 0.254 e. The van der Waals surface area contributed by atoms with Crippen molar-refractivity contribution in [3.05, 3.63) is 20.3 Å². The number of hydrogen-bond acceptors (Lipinski definition) is 4. The van der Waals surface area contributed by atoms with Crippen LogP contribution in [0.2, 0.25) is 8.67 Å². The van der Waals surface area contributed by atoms with Crippen LogP contribution in [0.25, 0.3) is 0 Å². The van der Waals surface area contributed by atoms with Gasteiger partial charge in [0.05, 0.1) is 22.0 Å². The van der Waals surface area contributed by atoms with Gasteiger partial charge in [-0.2, -0.15) is 0 Å². The van der Waals surface area contributed by atoms with Crippen molar-refractivity contribution in [2.75, 3.05) is 20.3 Å². The Morgan fingerprint density at radius 1 is 1.61 bits per heavy atom. The van der Waals surface area contributed by atoms with Crippen LogP contribution in [0.15, 0.2) is 6.07 Å². The van der Waals surface area contributed by atoms with Crippen molar-refractivity contribution < 1.29 is 14.6 Å². The summed E-state index contributed by atoms with van der Waals surface area (Å²) in [5.41, 5.74) is -0.301. The van der Waals surface area contributed by atoms with E-state index < -0.39 is 5.54 Å². The summed E-state index contributed by atoms with van der Waals surface area (Å²) in [6.45, 7) is 2.06. The molecular weight excluding hydrogens is 297 g/mol. The average Bonchev–Trinajstić information content (AvgIpc) is 2.58. The van der Waals surface area contributed by atoms with Gasteiger partial charge in [-0.05, 0) is 19.4 Å². The van der Waals surface area contributed by atoms with E-state index in [-0.39, 0.29) is 12.5 Å². The van der Waals surface area contributed by atoms with Gasteiger partial charge in [0, 0.05) is 13.7 Å². The van der Waals surface area contributed by atoms with Gasteiger partial charge in [0.1, 0.15) is 4.34 Å². The number of aliphatic hydroxyl groups is 1. The number of amides is 1. The Hall–Kier alpha value is -0.330. The lowest BCUT2D eigenvalue weighted by atomic mass is 9.99. The zero-order valence-electron chi connectivity index (χ0n) is 10.1. The van der Waals surface area contributed by atoms with Gasteiger partial charge in [-0.15, -0.1) is 11.3 Å². The third-order valence-corrected chi connectivity index (χ3v) is 3.93. The summed E-state index contributed by atoms with van der Waals surface area (Å²) in [5.74, 6) is -0.323. The van der Waals surface area contributed by atoms with Gasteiger partial charge < -0.3 is 15.2 Å². The second-order valence-corrected chi connectivity index (χ2v) is 6.44. The number of methoxy groups -OCH3 is 1. The summed E-state index contributed by atoms with van der Waals surface area (Å²) < 4.78 is 5.86. The monoisotopic (exact) mass is 311 g/mol. The number of hydrogen-bond donors (Lipinski definition) is 2. The van der Waals surface area contributed by atoms with E-state index in [9.17, 15) is 4.79 Å². The van der Waals surface area contributed by atoms with Crippen LogP contribution >= 0.6 is 34.5 Å². The fourth-order valence-corrected chi connectivity index (χ4v) is 3.03. The molecule has 2 N–H and O–H groups in total. The molecule has 0 bridgehead atoms. The van der Waals surface area contributed by atoms with Crippen LogP contribution in [-0.4, -0.2) is 36.9 Å². The maximum absolute atomic E-state index is 12.1. The zero-order valence-corrected chi connectivity index (χ0v) is 12.5. The molecule has 0 aliphatic heterocycles. The molecule has 0 aromatic carbocycles. The second kappa shape index (κ2) is 6.73. The zero-order chi connectivity index (χ0) is 13.8. The smallest absolute Gasteiger partial charge is 0.254 e. The number of aliphatic hydroxyl groups excluding tert-OH is 1. The Morgan fingerprint density at radius 3 is 2.72 bits per heavy atom. The van der Waals surface area contributed by atoms with E-state index in [0.717, 1.165) is 11.3 Å². The normalized spacial score (nSPS) is 14.3. The Kier molecular flexibility index (Phi) is 5.88. The fourth-order valence-electron chi connectivity index (χ4n) is 1.57. The summed E-state index contributed by atoms with van der Waals surface area (Å²) in [6, 6.07) is 1.52. The highest BCUT2D eigenvalue weighted by atomic mass is 35.5. The van der Waals surface area contributed by atoms with Crippen molar-refractivity contribution in [1.29, 1.82) is 0 Å². The topological polar surface area (TPSA) is 58.6 Å². The van der Waals surface area contributed by atoms with Gasteiger partial charge in [0.15, 0.2) is 0 Å². The standard InChI is InChI=1S/C11H15Cl2NO3S/c1-11(3-4-15,6-17-2)14-10(16)7-5-8(12)18-9(7)13/h5,15H,3-4,6H2,1-2H3,(H,14,16). The molecule has 18 heavy (non-hydrogen) atoms. The summed E-state index contributed by atoms with van der Waals surface area (Å²) in [7, 11) is 1.54. The Bertz CT molecular complexity index is 416. The molecule has 1 aromatic rings. The first-order chi connectivity index (χ1) is 8.41. The van der Waals surface area contributed by atoms with Crippen molar-refractivity contribution in [2.24, 2.45) is 0 Å². The first-order valence-corrected chi connectivity index (χ1v) is 6.86. The third kappa shape index (κ3) is 4.10. The highest BCUT2D eigenvalue weighted by Crippen LogP contribution is 2.31. The van der Waals surface area contributed by atoms with Gasteiger partial charge in [-0.3, -0.25) is 4.79 Å². The van der Waals surface area contributed by atoms with Gasteiger partial charge >= 0.3 is 0 Å². The molecule has 1 heterocycles. The third-order valence-electron chi connectivity index (χ3n) is 2.44. The molecule has 0 spiro atoms. The van der Waals surface area contributed by atoms with Crippen LogP contribution in [0, 0.1) is 0 Å². The molecule has 1 amide bonds. The van der Waals surface area contributed by atoms with E-state index in [0.29, 0.717) is 27.3 Å². The molecule has 0 saturated carbocycles. The highest BCUT2D eigenvalue weighted by molar-refractivity contribution is 7.20. The molecule has 1 aromatic heterocycles. The van der Waals surface area contributed by atoms with Crippen LogP contribution in [-0.2, 0) is 4.74 Å². The van der Waals surface area contributed by atoms with Gasteiger partial charge in [0.25, 0.3) is 5.91 Å². The highest BCUT2D eigenvalue weighted by Gasteiger charge is 2.27. The minimum atomic E-state index is -0.641. The number of carbonyl (C=O) groups is 1. The molecule has 7 heteroatoms. The molecule has 0 radical (unpaired) electrons. The molecule has 0 aliphatic carbocycles. The molecule has 0 aliphatic rings. The first-order valence-electron chi connectivity index (χ1n) is 5.29. The summed E-state index contributed by atoms with van der Waals surface area (Å²) in [4.78, 5) is 12.1. The Morgan fingerprint density at radius 2 is 2.28 bits per heavy atom. The van der Waals surface area contributed by atoms with E-state index in [4.69, 9.17) is 33.0 Å². The number of halogens is 2. The molecule has 0 saturated heterocycles. The molecule has 102 valence electrons. The Balaban J connectivity index is 2.81. The minimum Gasteiger partial charge on any atom is -0.396 e. The fraction of sp³-hybridized carbons (Fsp3) is 0.545. The number of nitrogens with one attached hydrogen (secondary N) is 1. The molecule has 4 nitrogen and oxygen atoms in total. The average molecular weight is 312 g/mol. The van der Waals surface area contributed by atoms with Crippen molar-refractivity contribution in [1.82, 2.24) is 5.32 Å². The van der Waals surface area contributed by atoms with Crippen LogP contribution in [0.1, 0.15) is 23.7 Å². The van der Waals surface area contributed by atoms with Crippen molar-refractivity contribution in [3.63, 3.8) is 0 Å². The second-order valence-electron chi connectivity index (χ2n) is 4.16. The predicted molar refractivity (Wildman–Crippen MR) is 73.8 cm³/mol. The largest absolute Gasteiger partial charge is 0.396 e. The van der Waals surface area contributed by atoms with E-state index >= 15 is 0 Å². The summed E-state index contributed by atoms with van der Waals surface area (Å²) in [5, 5.41) is 11.8. The minimum absolute atomic E-state index is 0.0434.